The number of ether oxygens (including phenoxy) is 1. The summed E-state index contributed by atoms with van der Waals surface area (Å²) in [6, 6.07) is 8.39. The van der Waals surface area contributed by atoms with Gasteiger partial charge in [0.15, 0.2) is 5.96 Å². The lowest BCUT2D eigenvalue weighted by Gasteiger charge is -2.14. The van der Waals surface area contributed by atoms with Crippen LogP contribution in [0.1, 0.15) is 33.3 Å². The molecule has 0 saturated carbocycles. The van der Waals surface area contributed by atoms with Crippen molar-refractivity contribution < 1.29 is 4.74 Å². The van der Waals surface area contributed by atoms with Gasteiger partial charge in [-0.15, -0.1) is 24.0 Å². The Morgan fingerprint density at radius 3 is 2.55 bits per heavy atom. The molecule has 114 valence electrons. The van der Waals surface area contributed by atoms with E-state index >= 15 is 0 Å². The van der Waals surface area contributed by atoms with E-state index < -0.39 is 0 Å². The number of hydrogen-bond acceptors (Lipinski definition) is 2. The van der Waals surface area contributed by atoms with Crippen molar-refractivity contribution in [2.45, 2.75) is 40.3 Å². The van der Waals surface area contributed by atoms with Gasteiger partial charge in [0.25, 0.3) is 0 Å². The van der Waals surface area contributed by atoms with E-state index in [9.17, 15) is 0 Å². The third-order valence-corrected chi connectivity index (χ3v) is 2.45. The van der Waals surface area contributed by atoms with Crippen LogP contribution in [0.2, 0.25) is 0 Å². The van der Waals surface area contributed by atoms with Gasteiger partial charge < -0.3 is 15.4 Å². The molecule has 20 heavy (non-hydrogen) atoms. The molecular formula is C15H26IN3O. The van der Waals surface area contributed by atoms with Crippen LogP contribution in [0.15, 0.2) is 29.3 Å². The molecule has 0 amide bonds. The van der Waals surface area contributed by atoms with Gasteiger partial charge in [-0.25, -0.2) is 4.99 Å². The number of benzene rings is 1. The number of nitrogens with zero attached hydrogens (tertiary/aromatic N) is 1. The van der Waals surface area contributed by atoms with Crippen LogP contribution in [-0.2, 0) is 6.54 Å². The fourth-order valence-corrected chi connectivity index (χ4v) is 1.69. The second kappa shape index (κ2) is 10.8. The molecule has 0 aliphatic carbocycles. The van der Waals surface area contributed by atoms with Crippen molar-refractivity contribution in [2.24, 2.45) is 4.99 Å². The highest BCUT2D eigenvalue weighted by Crippen LogP contribution is 2.18. The Hall–Kier alpha value is -0.980. The highest BCUT2D eigenvalue weighted by Gasteiger charge is 2.03. The van der Waals surface area contributed by atoms with Crippen LogP contribution in [0.5, 0.6) is 5.75 Å². The molecule has 4 nitrogen and oxygen atoms in total. The van der Waals surface area contributed by atoms with Gasteiger partial charge in [-0.05, 0) is 33.8 Å². The maximum Gasteiger partial charge on any atom is 0.191 e. The average Bonchev–Trinajstić information content (AvgIpc) is 2.37. The lowest BCUT2D eigenvalue weighted by molar-refractivity contribution is 0.336. The van der Waals surface area contributed by atoms with E-state index in [-0.39, 0.29) is 24.0 Å². The predicted molar refractivity (Wildman–Crippen MR) is 96.1 cm³/mol. The van der Waals surface area contributed by atoms with Gasteiger partial charge in [-0.2, -0.15) is 0 Å². The van der Waals surface area contributed by atoms with Crippen LogP contribution < -0.4 is 15.4 Å². The van der Waals surface area contributed by atoms with Crippen LogP contribution in [0.3, 0.4) is 0 Å². The second-order valence-electron chi connectivity index (χ2n) is 4.53. The van der Waals surface area contributed by atoms with Crippen LogP contribution in [0, 0.1) is 0 Å². The van der Waals surface area contributed by atoms with Crippen LogP contribution in [-0.4, -0.2) is 25.2 Å². The third kappa shape index (κ3) is 6.98. The molecule has 0 atom stereocenters. The molecule has 0 aliphatic heterocycles. The summed E-state index contributed by atoms with van der Waals surface area (Å²) in [5.74, 6) is 1.75. The van der Waals surface area contributed by atoms with Crippen molar-refractivity contribution in [3.05, 3.63) is 29.8 Å². The maximum absolute atomic E-state index is 5.60. The van der Waals surface area contributed by atoms with Crippen LogP contribution in [0.25, 0.3) is 0 Å². The topological polar surface area (TPSA) is 45.7 Å². The summed E-state index contributed by atoms with van der Waals surface area (Å²) in [6.45, 7) is 10.4. The third-order valence-electron chi connectivity index (χ3n) is 2.45. The summed E-state index contributed by atoms with van der Waals surface area (Å²) in [5, 5.41) is 6.53. The molecule has 0 heterocycles. The van der Waals surface area contributed by atoms with Gasteiger partial charge in [-0.3, -0.25) is 0 Å². The first kappa shape index (κ1) is 19.0. The molecule has 0 fully saturated rings. The molecule has 1 rings (SSSR count). The highest BCUT2D eigenvalue weighted by molar-refractivity contribution is 14.0. The van der Waals surface area contributed by atoms with Crippen LogP contribution >= 0.6 is 24.0 Å². The molecule has 0 bridgehead atoms. The Morgan fingerprint density at radius 2 is 1.95 bits per heavy atom. The summed E-state index contributed by atoms with van der Waals surface area (Å²) in [4.78, 5) is 4.58. The van der Waals surface area contributed by atoms with Crippen molar-refractivity contribution in [3.8, 4) is 5.75 Å². The number of para-hydroxylation sites is 1. The fraction of sp³-hybridized carbons (Fsp3) is 0.533. The molecule has 1 aromatic rings. The van der Waals surface area contributed by atoms with Gasteiger partial charge in [0.05, 0.1) is 13.2 Å². The molecular weight excluding hydrogens is 365 g/mol. The van der Waals surface area contributed by atoms with E-state index in [1.165, 1.54) is 0 Å². The molecule has 0 radical (unpaired) electrons. The van der Waals surface area contributed by atoms with Gasteiger partial charge in [0, 0.05) is 18.2 Å². The molecule has 0 aromatic heterocycles. The number of aliphatic imine (C=N–C) groups is 1. The van der Waals surface area contributed by atoms with Gasteiger partial charge >= 0.3 is 0 Å². The number of guanidine groups is 1. The Labute approximate surface area is 139 Å². The lowest BCUT2D eigenvalue weighted by Crippen LogP contribution is -2.41. The first-order valence-corrected chi connectivity index (χ1v) is 6.92. The largest absolute Gasteiger partial charge is 0.494 e. The SMILES string of the molecule is CCNC(=NCc1ccccc1OCC)NC(C)C.I. The number of nitrogens with one attached hydrogen (secondary N) is 2. The first-order valence-electron chi connectivity index (χ1n) is 6.92. The standard InChI is InChI=1S/C15H25N3O.HI/c1-5-16-15(18-12(3)4)17-11-13-9-7-8-10-14(13)19-6-2;/h7-10,12H,5-6,11H2,1-4H3,(H2,16,17,18);1H. The van der Waals surface area contributed by atoms with Crippen molar-refractivity contribution >= 4 is 29.9 Å². The van der Waals surface area contributed by atoms with Gasteiger partial charge in [0.1, 0.15) is 5.75 Å². The van der Waals surface area contributed by atoms with Crippen molar-refractivity contribution in [2.75, 3.05) is 13.2 Å². The molecule has 0 unspecified atom stereocenters. The van der Waals surface area contributed by atoms with E-state index in [4.69, 9.17) is 4.74 Å². The number of rotatable bonds is 6. The minimum Gasteiger partial charge on any atom is -0.494 e. The zero-order chi connectivity index (χ0) is 14.1. The molecule has 1 aromatic carbocycles. The quantitative estimate of drug-likeness (QED) is 0.445. The lowest BCUT2D eigenvalue weighted by atomic mass is 10.2. The van der Waals surface area contributed by atoms with E-state index in [1.54, 1.807) is 0 Å². The summed E-state index contributed by atoms with van der Waals surface area (Å²) >= 11 is 0. The summed E-state index contributed by atoms with van der Waals surface area (Å²) in [5.41, 5.74) is 1.10. The smallest absolute Gasteiger partial charge is 0.191 e. The predicted octanol–water partition coefficient (Wildman–Crippen LogP) is 3.17. The minimum atomic E-state index is 0. The Bertz CT molecular complexity index is 408. The van der Waals surface area contributed by atoms with Crippen molar-refractivity contribution in [1.29, 1.82) is 0 Å². The Morgan fingerprint density at radius 1 is 1.25 bits per heavy atom. The summed E-state index contributed by atoms with van der Waals surface area (Å²) < 4.78 is 5.60. The summed E-state index contributed by atoms with van der Waals surface area (Å²) in [7, 11) is 0. The van der Waals surface area contributed by atoms with E-state index in [0.29, 0.717) is 19.2 Å². The summed E-state index contributed by atoms with van der Waals surface area (Å²) in [6.07, 6.45) is 0. The number of hydrogen-bond donors (Lipinski definition) is 2. The zero-order valence-corrected chi connectivity index (χ0v) is 15.1. The molecule has 5 heteroatoms. The van der Waals surface area contributed by atoms with E-state index in [2.05, 4.69) is 36.4 Å². The van der Waals surface area contributed by atoms with Crippen molar-refractivity contribution in [1.82, 2.24) is 10.6 Å². The molecule has 0 aliphatic rings. The monoisotopic (exact) mass is 391 g/mol. The van der Waals surface area contributed by atoms with Crippen molar-refractivity contribution in [3.63, 3.8) is 0 Å². The zero-order valence-electron chi connectivity index (χ0n) is 12.8. The van der Waals surface area contributed by atoms with Gasteiger partial charge in [0.2, 0.25) is 0 Å². The van der Waals surface area contributed by atoms with E-state index in [1.807, 2.05) is 31.2 Å². The normalized spacial score (nSPS) is 10.9. The highest BCUT2D eigenvalue weighted by atomic mass is 127. The maximum atomic E-state index is 5.60. The number of halogens is 1. The van der Waals surface area contributed by atoms with Crippen LogP contribution in [0.4, 0.5) is 0 Å². The van der Waals surface area contributed by atoms with Gasteiger partial charge in [-0.1, -0.05) is 18.2 Å². The first-order chi connectivity index (χ1) is 9.17. The molecule has 0 spiro atoms. The Kier molecular flexibility index (Phi) is 10.2. The fourth-order valence-electron chi connectivity index (χ4n) is 1.69. The minimum absolute atomic E-state index is 0. The second-order valence-corrected chi connectivity index (χ2v) is 4.53. The molecule has 0 saturated heterocycles. The molecule has 2 N–H and O–H groups in total. The Balaban J connectivity index is 0.00000361. The average molecular weight is 391 g/mol. The van der Waals surface area contributed by atoms with E-state index in [0.717, 1.165) is 23.8 Å².